The minimum Gasteiger partial charge on any atom is -0.324 e. The molecule has 0 aliphatic rings. The molecule has 0 spiro atoms. The smallest absolute Gasteiger partial charge is 0.324 e. The van der Waals surface area contributed by atoms with Crippen molar-refractivity contribution in [2.75, 3.05) is 10.6 Å². The van der Waals surface area contributed by atoms with Crippen molar-refractivity contribution < 1.29 is 27.6 Å². The molecule has 0 aliphatic heterocycles. The zero-order valence-electron chi connectivity index (χ0n) is 25.0. The maximum absolute atomic E-state index is 13.6. The van der Waals surface area contributed by atoms with Crippen molar-refractivity contribution in [2.45, 2.75) is 16.3 Å². The quantitative estimate of drug-likeness (QED) is 0.101. The van der Waals surface area contributed by atoms with Crippen molar-refractivity contribution in [1.29, 1.82) is 0 Å². The summed E-state index contributed by atoms with van der Waals surface area (Å²) in [4.78, 5) is 40.4. The van der Waals surface area contributed by atoms with Gasteiger partial charge in [-0.3, -0.25) is 14.4 Å². The van der Waals surface area contributed by atoms with Gasteiger partial charge in [0.05, 0.1) is 11.3 Å². The van der Waals surface area contributed by atoms with Crippen LogP contribution < -0.4 is 16.0 Å². The number of carbonyl (C=O) groups is 3. The van der Waals surface area contributed by atoms with E-state index < -0.39 is 34.7 Å². The molecule has 5 aromatic carbocycles. The van der Waals surface area contributed by atoms with Crippen LogP contribution in [0.2, 0.25) is 5.02 Å². The molecule has 11 heteroatoms. The second-order valence-electron chi connectivity index (χ2n) is 10.4. The van der Waals surface area contributed by atoms with E-state index in [0.29, 0.717) is 32.3 Å². The molecule has 1 atom stereocenters. The van der Waals surface area contributed by atoms with Gasteiger partial charge in [-0.25, -0.2) is 0 Å². The lowest BCUT2D eigenvalue weighted by molar-refractivity contribution is -0.137. The summed E-state index contributed by atoms with van der Waals surface area (Å²) < 4.78 is 40.8. The number of anilines is 2. The number of carbonyl (C=O) groups excluding carboxylic acids is 3. The molecule has 0 saturated carbocycles. The Morgan fingerprint density at radius 2 is 1.38 bits per heavy atom. The number of rotatable bonds is 10. The zero-order chi connectivity index (χ0) is 34.1. The van der Waals surface area contributed by atoms with Crippen LogP contribution in [0.3, 0.4) is 0 Å². The second-order valence-corrected chi connectivity index (χ2v) is 12.0. The first-order valence-electron chi connectivity index (χ1n) is 14.5. The molecule has 242 valence electrons. The van der Waals surface area contributed by atoms with Gasteiger partial charge in [0.1, 0.15) is 10.9 Å². The van der Waals surface area contributed by atoms with Gasteiger partial charge in [0.2, 0.25) is 5.91 Å². The monoisotopic (exact) mass is 685 g/mol. The van der Waals surface area contributed by atoms with Crippen LogP contribution in [0, 0.1) is 0 Å². The average Bonchev–Trinajstić information content (AvgIpc) is 3.08. The third kappa shape index (κ3) is 9.15. The van der Waals surface area contributed by atoms with Gasteiger partial charge >= 0.3 is 6.18 Å². The summed E-state index contributed by atoms with van der Waals surface area (Å²) in [5, 5.41) is 7.45. The molecule has 0 aromatic heterocycles. The fourth-order valence-electron chi connectivity index (χ4n) is 4.60. The molecule has 0 saturated heterocycles. The van der Waals surface area contributed by atoms with Crippen LogP contribution in [-0.4, -0.2) is 17.7 Å². The van der Waals surface area contributed by atoms with E-state index in [9.17, 15) is 27.6 Å². The molecule has 0 heterocycles. The van der Waals surface area contributed by atoms with Crippen LogP contribution >= 0.6 is 23.4 Å². The van der Waals surface area contributed by atoms with Crippen LogP contribution in [0.5, 0.6) is 0 Å². The van der Waals surface area contributed by atoms with Crippen molar-refractivity contribution in [1.82, 2.24) is 5.32 Å². The molecular formula is C37H27ClF3N3O3S. The van der Waals surface area contributed by atoms with Crippen LogP contribution in [0.15, 0.2) is 144 Å². The first kappa shape index (κ1) is 34.0. The molecule has 0 fully saturated rings. The summed E-state index contributed by atoms with van der Waals surface area (Å²) in [6.45, 7) is 0. The normalized spacial score (nSPS) is 12.1. The Morgan fingerprint density at radius 1 is 0.729 bits per heavy atom. The lowest BCUT2D eigenvalue weighted by Crippen LogP contribution is -2.30. The molecule has 6 nitrogen and oxygen atoms in total. The highest BCUT2D eigenvalue weighted by Gasteiger charge is 2.34. The molecule has 48 heavy (non-hydrogen) atoms. The van der Waals surface area contributed by atoms with E-state index in [-0.39, 0.29) is 11.4 Å². The van der Waals surface area contributed by atoms with Crippen LogP contribution in [0.4, 0.5) is 24.5 Å². The van der Waals surface area contributed by atoms with Crippen molar-refractivity contribution in [3.05, 3.63) is 166 Å². The van der Waals surface area contributed by atoms with Crippen molar-refractivity contribution in [3.63, 3.8) is 0 Å². The van der Waals surface area contributed by atoms with Crippen LogP contribution in [-0.2, 0) is 15.8 Å². The minimum absolute atomic E-state index is 0.0236. The first-order valence-corrected chi connectivity index (χ1v) is 15.8. The van der Waals surface area contributed by atoms with Crippen LogP contribution in [0.1, 0.15) is 32.3 Å². The Morgan fingerprint density at radius 3 is 2.04 bits per heavy atom. The number of hydrogen-bond acceptors (Lipinski definition) is 4. The number of alkyl halides is 3. The molecular weight excluding hydrogens is 659 g/mol. The van der Waals surface area contributed by atoms with Gasteiger partial charge < -0.3 is 16.0 Å². The van der Waals surface area contributed by atoms with E-state index >= 15 is 0 Å². The molecule has 3 amide bonds. The zero-order valence-corrected chi connectivity index (χ0v) is 26.6. The number of amides is 3. The standard InChI is InChI=1S/C37H27ClF3N3O3S/c38-27-15-9-10-24(22-27)23-32(44-34(45)26-13-5-2-6-14-26)35(46)42-28-18-20-29(21-19-28)48-33(25-11-3-1-4-12-25)36(47)43-31-17-8-7-16-30(31)37(39,40)41/h1-23,33H,(H,42,46)(H,43,47)(H,44,45)/b32-23-. The van der Waals surface area contributed by atoms with Gasteiger partial charge in [0.15, 0.2) is 0 Å². The molecule has 5 rings (SSSR count). The van der Waals surface area contributed by atoms with Gasteiger partial charge in [-0.15, -0.1) is 11.8 Å². The summed E-state index contributed by atoms with van der Waals surface area (Å²) >= 11 is 7.26. The molecule has 0 bridgehead atoms. The van der Waals surface area contributed by atoms with Gasteiger partial charge in [0.25, 0.3) is 11.8 Å². The van der Waals surface area contributed by atoms with E-state index in [1.54, 1.807) is 109 Å². The van der Waals surface area contributed by atoms with E-state index in [1.807, 2.05) is 0 Å². The maximum Gasteiger partial charge on any atom is 0.418 e. The van der Waals surface area contributed by atoms with Gasteiger partial charge in [0, 0.05) is 21.2 Å². The molecule has 0 aliphatic carbocycles. The van der Waals surface area contributed by atoms with E-state index in [4.69, 9.17) is 11.6 Å². The fraction of sp³-hybridized carbons (Fsp3) is 0.0541. The Kier molecular flexibility index (Phi) is 11.0. The number of nitrogens with one attached hydrogen (secondary N) is 3. The summed E-state index contributed by atoms with van der Waals surface area (Å²) in [6, 6.07) is 35.3. The molecule has 3 N–H and O–H groups in total. The Bertz CT molecular complexity index is 1940. The lowest BCUT2D eigenvalue weighted by atomic mass is 10.1. The van der Waals surface area contributed by atoms with Crippen molar-refractivity contribution in [2.24, 2.45) is 0 Å². The average molecular weight is 686 g/mol. The Balaban J connectivity index is 1.34. The number of thioether (sulfide) groups is 1. The third-order valence-corrected chi connectivity index (χ3v) is 8.39. The second kappa shape index (κ2) is 15.5. The van der Waals surface area contributed by atoms with Crippen LogP contribution in [0.25, 0.3) is 6.08 Å². The summed E-state index contributed by atoms with van der Waals surface area (Å²) in [5.74, 6) is -1.70. The molecule has 0 radical (unpaired) electrons. The van der Waals surface area contributed by atoms with Crippen molar-refractivity contribution in [3.8, 4) is 0 Å². The number of halogens is 4. The number of para-hydroxylation sites is 1. The third-order valence-electron chi connectivity index (χ3n) is 6.89. The van der Waals surface area contributed by atoms with Crippen molar-refractivity contribution >= 4 is 58.5 Å². The minimum atomic E-state index is -4.65. The fourth-order valence-corrected chi connectivity index (χ4v) is 5.82. The molecule has 1 unspecified atom stereocenters. The van der Waals surface area contributed by atoms with Gasteiger partial charge in [-0.1, -0.05) is 84.4 Å². The van der Waals surface area contributed by atoms with E-state index in [1.165, 1.54) is 24.3 Å². The van der Waals surface area contributed by atoms with E-state index in [0.717, 1.165) is 17.8 Å². The predicted octanol–water partition coefficient (Wildman–Crippen LogP) is 9.24. The van der Waals surface area contributed by atoms with Gasteiger partial charge in [-0.05, 0) is 77.9 Å². The highest BCUT2D eigenvalue weighted by molar-refractivity contribution is 8.00. The summed E-state index contributed by atoms with van der Waals surface area (Å²) in [6.07, 6.45) is -3.14. The topological polar surface area (TPSA) is 87.3 Å². The van der Waals surface area contributed by atoms with E-state index in [2.05, 4.69) is 16.0 Å². The Hall–Kier alpha value is -5.32. The summed E-state index contributed by atoms with van der Waals surface area (Å²) in [7, 11) is 0. The highest BCUT2D eigenvalue weighted by atomic mass is 35.5. The summed E-state index contributed by atoms with van der Waals surface area (Å²) in [5.41, 5.74) is 0.638. The SMILES string of the molecule is O=C(Nc1ccc(SC(C(=O)Nc2ccccc2C(F)(F)F)c2ccccc2)cc1)/C(=C/c1cccc(Cl)c1)NC(=O)c1ccccc1. The Labute approximate surface area is 284 Å². The first-order chi connectivity index (χ1) is 23.1. The molecule has 5 aromatic rings. The largest absolute Gasteiger partial charge is 0.418 e. The number of hydrogen-bond donors (Lipinski definition) is 3. The maximum atomic E-state index is 13.6. The lowest BCUT2D eigenvalue weighted by Gasteiger charge is -2.19. The number of benzene rings is 5. The highest BCUT2D eigenvalue weighted by Crippen LogP contribution is 2.39. The predicted molar refractivity (Wildman–Crippen MR) is 184 cm³/mol. The van der Waals surface area contributed by atoms with Gasteiger partial charge in [-0.2, -0.15) is 13.2 Å².